The number of ether oxygens (including phenoxy) is 1. The number of aromatic nitrogens is 3. The van der Waals surface area contributed by atoms with Crippen molar-refractivity contribution in [2.45, 2.75) is 25.7 Å². The number of carbonyl (C=O) groups excluding carboxylic acids is 1. The number of pyridine rings is 1. The van der Waals surface area contributed by atoms with Gasteiger partial charge in [-0.15, -0.1) is 0 Å². The quantitative estimate of drug-likeness (QED) is 0.737. The highest BCUT2D eigenvalue weighted by atomic mass is 16.5. The molecule has 1 aliphatic rings. The molecule has 0 saturated carbocycles. The standard InChI is InChI=1S/C20H21N5O3/c1-14-22-19(24-28-14)15-6-5-11-25(13-15)20(26)23-16-9-10-18(21-12-16)27-17-7-3-2-4-8-17/h2-4,7-10,12,15H,5-6,11,13H2,1H3,(H,23,26). The summed E-state index contributed by atoms with van der Waals surface area (Å²) >= 11 is 0. The van der Waals surface area contributed by atoms with Gasteiger partial charge >= 0.3 is 6.03 Å². The van der Waals surface area contributed by atoms with Crippen molar-refractivity contribution in [3.8, 4) is 11.6 Å². The van der Waals surface area contributed by atoms with Gasteiger partial charge in [-0.05, 0) is 31.0 Å². The number of benzene rings is 1. The Bertz CT molecular complexity index is 927. The van der Waals surface area contributed by atoms with Crippen LogP contribution in [0.4, 0.5) is 10.5 Å². The maximum absolute atomic E-state index is 12.6. The molecule has 1 N–H and O–H groups in total. The molecule has 0 aliphatic carbocycles. The number of para-hydroxylation sites is 1. The largest absolute Gasteiger partial charge is 0.439 e. The molecule has 0 radical (unpaired) electrons. The van der Waals surface area contributed by atoms with E-state index in [0.29, 0.717) is 42.1 Å². The molecule has 144 valence electrons. The summed E-state index contributed by atoms with van der Waals surface area (Å²) in [4.78, 5) is 22.9. The van der Waals surface area contributed by atoms with Crippen LogP contribution in [0, 0.1) is 6.92 Å². The van der Waals surface area contributed by atoms with E-state index in [1.54, 1.807) is 30.2 Å². The maximum atomic E-state index is 12.6. The fourth-order valence-corrected chi connectivity index (χ4v) is 3.18. The predicted octanol–water partition coefficient (Wildman–Crippen LogP) is 3.98. The number of likely N-dealkylation sites (tertiary alicyclic amines) is 1. The summed E-state index contributed by atoms with van der Waals surface area (Å²) in [6.45, 7) is 3.03. The van der Waals surface area contributed by atoms with Gasteiger partial charge < -0.3 is 19.5 Å². The Hall–Kier alpha value is -3.42. The molecule has 1 fully saturated rings. The molecule has 2 amide bonds. The molecular formula is C20H21N5O3. The third-order valence-corrected chi connectivity index (χ3v) is 4.57. The van der Waals surface area contributed by atoms with Gasteiger partial charge in [-0.2, -0.15) is 4.98 Å². The monoisotopic (exact) mass is 379 g/mol. The van der Waals surface area contributed by atoms with Crippen molar-refractivity contribution in [2.75, 3.05) is 18.4 Å². The van der Waals surface area contributed by atoms with Crippen LogP contribution in [0.15, 0.2) is 53.2 Å². The van der Waals surface area contributed by atoms with Gasteiger partial charge in [0.05, 0.1) is 11.9 Å². The van der Waals surface area contributed by atoms with Crippen LogP contribution in [0.3, 0.4) is 0 Å². The summed E-state index contributed by atoms with van der Waals surface area (Å²) in [5.41, 5.74) is 0.614. The van der Waals surface area contributed by atoms with E-state index in [-0.39, 0.29) is 11.9 Å². The Morgan fingerprint density at radius 3 is 2.82 bits per heavy atom. The molecule has 3 aromatic rings. The number of carbonyl (C=O) groups is 1. The minimum Gasteiger partial charge on any atom is -0.439 e. The molecule has 1 unspecified atom stereocenters. The number of rotatable bonds is 4. The smallest absolute Gasteiger partial charge is 0.321 e. The average molecular weight is 379 g/mol. The van der Waals surface area contributed by atoms with Crippen molar-refractivity contribution in [1.82, 2.24) is 20.0 Å². The van der Waals surface area contributed by atoms with Crippen LogP contribution in [0.25, 0.3) is 0 Å². The van der Waals surface area contributed by atoms with Gasteiger partial charge in [-0.3, -0.25) is 0 Å². The van der Waals surface area contributed by atoms with Crippen LogP contribution in [0.5, 0.6) is 11.6 Å². The number of hydrogen-bond acceptors (Lipinski definition) is 6. The lowest BCUT2D eigenvalue weighted by Gasteiger charge is -2.31. The van der Waals surface area contributed by atoms with Crippen molar-refractivity contribution in [3.05, 3.63) is 60.4 Å². The van der Waals surface area contributed by atoms with Crippen LogP contribution < -0.4 is 10.1 Å². The lowest BCUT2D eigenvalue weighted by Crippen LogP contribution is -2.41. The molecule has 1 saturated heterocycles. The van der Waals surface area contributed by atoms with E-state index in [0.717, 1.165) is 12.8 Å². The number of hydrogen-bond donors (Lipinski definition) is 1. The first-order valence-electron chi connectivity index (χ1n) is 9.22. The zero-order chi connectivity index (χ0) is 19.3. The number of nitrogens with zero attached hydrogens (tertiary/aromatic N) is 4. The number of nitrogens with one attached hydrogen (secondary N) is 1. The molecule has 1 aliphatic heterocycles. The molecule has 2 aromatic heterocycles. The van der Waals surface area contributed by atoms with Crippen LogP contribution in [-0.2, 0) is 0 Å². The normalized spacial score (nSPS) is 16.6. The van der Waals surface area contributed by atoms with Crippen molar-refractivity contribution in [3.63, 3.8) is 0 Å². The van der Waals surface area contributed by atoms with Gasteiger partial charge in [0.15, 0.2) is 5.82 Å². The maximum Gasteiger partial charge on any atom is 0.321 e. The summed E-state index contributed by atoms with van der Waals surface area (Å²) in [6, 6.07) is 12.8. The predicted molar refractivity (Wildman–Crippen MR) is 102 cm³/mol. The molecule has 28 heavy (non-hydrogen) atoms. The van der Waals surface area contributed by atoms with Crippen LogP contribution in [-0.4, -0.2) is 39.1 Å². The lowest BCUT2D eigenvalue weighted by atomic mass is 9.98. The molecule has 8 heteroatoms. The Labute approximate surface area is 162 Å². The average Bonchev–Trinajstić information content (AvgIpc) is 3.17. The molecule has 8 nitrogen and oxygen atoms in total. The number of amides is 2. The molecule has 1 atom stereocenters. The van der Waals surface area contributed by atoms with Gasteiger partial charge in [0.1, 0.15) is 5.75 Å². The van der Waals surface area contributed by atoms with Gasteiger partial charge in [-0.25, -0.2) is 9.78 Å². The molecule has 1 aromatic carbocycles. The lowest BCUT2D eigenvalue weighted by molar-refractivity contribution is 0.190. The Kier molecular flexibility index (Phi) is 5.18. The minimum absolute atomic E-state index is 0.0942. The van der Waals surface area contributed by atoms with E-state index >= 15 is 0 Å². The first kappa shape index (κ1) is 18.0. The second kappa shape index (κ2) is 8.08. The number of piperidine rings is 1. The Morgan fingerprint density at radius 2 is 2.11 bits per heavy atom. The van der Waals surface area contributed by atoms with Gasteiger partial charge in [0, 0.05) is 32.0 Å². The Balaban J connectivity index is 1.35. The van der Waals surface area contributed by atoms with E-state index in [1.807, 2.05) is 30.3 Å². The van der Waals surface area contributed by atoms with Gasteiger partial charge in [-0.1, -0.05) is 23.4 Å². The molecule has 0 bridgehead atoms. The van der Waals surface area contributed by atoms with Gasteiger partial charge in [0.2, 0.25) is 11.8 Å². The van der Waals surface area contributed by atoms with Crippen LogP contribution >= 0.6 is 0 Å². The second-order valence-electron chi connectivity index (χ2n) is 6.69. The zero-order valence-electron chi connectivity index (χ0n) is 15.5. The second-order valence-corrected chi connectivity index (χ2v) is 6.69. The van der Waals surface area contributed by atoms with Crippen LogP contribution in [0.1, 0.15) is 30.5 Å². The van der Waals surface area contributed by atoms with E-state index in [1.165, 1.54) is 0 Å². The van der Waals surface area contributed by atoms with E-state index in [4.69, 9.17) is 9.26 Å². The molecular weight excluding hydrogens is 358 g/mol. The molecule has 0 spiro atoms. The number of aryl methyl sites for hydroxylation is 1. The molecule has 3 heterocycles. The number of urea groups is 1. The third kappa shape index (κ3) is 4.28. The summed E-state index contributed by atoms with van der Waals surface area (Å²) in [7, 11) is 0. The van der Waals surface area contributed by atoms with E-state index < -0.39 is 0 Å². The van der Waals surface area contributed by atoms with Crippen LogP contribution in [0.2, 0.25) is 0 Å². The van der Waals surface area contributed by atoms with Crippen molar-refractivity contribution in [1.29, 1.82) is 0 Å². The fraction of sp³-hybridized carbons (Fsp3) is 0.300. The molecule has 4 rings (SSSR count). The number of anilines is 1. The zero-order valence-corrected chi connectivity index (χ0v) is 15.5. The third-order valence-electron chi connectivity index (χ3n) is 4.57. The van der Waals surface area contributed by atoms with E-state index in [9.17, 15) is 4.79 Å². The SMILES string of the molecule is Cc1nc(C2CCCN(C(=O)Nc3ccc(Oc4ccccc4)nc3)C2)no1. The highest BCUT2D eigenvalue weighted by Gasteiger charge is 2.27. The van der Waals surface area contributed by atoms with Crippen molar-refractivity contribution >= 4 is 11.7 Å². The topological polar surface area (TPSA) is 93.4 Å². The fourth-order valence-electron chi connectivity index (χ4n) is 3.18. The van der Waals surface area contributed by atoms with Gasteiger partial charge in [0.25, 0.3) is 0 Å². The summed E-state index contributed by atoms with van der Waals surface area (Å²) < 4.78 is 10.7. The van der Waals surface area contributed by atoms with Crippen molar-refractivity contribution < 1.29 is 14.1 Å². The summed E-state index contributed by atoms with van der Waals surface area (Å²) in [6.07, 6.45) is 3.42. The Morgan fingerprint density at radius 1 is 1.25 bits per heavy atom. The first-order chi connectivity index (χ1) is 13.7. The first-order valence-corrected chi connectivity index (χ1v) is 9.22. The summed E-state index contributed by atoms with van der Waals surface area (Å²) in [5.74, 6) is 2.48. The highest BCUT2D eigenvalue weighted by molar-refractivity contribution is 5.89. The highest BCUT2D eigenvalue weighted by Crippen LogP contribution is 2.25. The van der Waals surface area contributed by atoms with E-state index in [2.05, 4.69) is 20.4 Å². The summed E-state index contributed by atoms with van der Waals surface area (Å²) in [5, 5.41) is 6.88. The minimum atomic E-state index is -0.163. The van der Waals surface area contributed by atoms with Crippen molar-refractivity contribution in [2.24, 2.45) is 0 Å².